The van der Waals surface area contributed by atoms with Crippen LogP contribution in [-0.2, 0) is 9.47 Å². The number of rotatable bonds is 1. The van der Waals surface area contributed by atoms with Gasteiger partial charge in [0, 0.05) is 0 Å². The van der Waals surface area contributed by atoms with Gasteiger partial charge in [-0.2, -0.15) is 0 Å². The summed E-state index contributed by atoms with van der Waals surface area (Å²) in [5, 5.41) is 5.03. The molecular formula is C26H27NO3. The van der Waals surface area contributed by atoms with Crippen LogP contribution in [0.25, 0.3) is 27.1 Å². The van der Waals surface area contributed by atoms with E-state index in [1.807, 2.05) is 25.7 Å². The topological polar surface area (TPSA) is 38.8 Å². The lowest BCUT2D eigenvalue weighted by molar-refractivity contribution is -0.0510. The van der Waals surface area contributed by atoms with Gasteiger partial charge < -0.3 is 9.47 Å². The van der Waals surface area contributed by atoms with Crippen molar-refractivity contribution in [3.05, 3.63) is 66.2 Å². The minimum Gasteiger partial charge on any atom is -0.444 e. The van der Waals surface area contributed by atoms with E-state index >= 15 is 0 Å². The van der Waals surface area contributed by atoms with Crippen LogP contribution in [0.2, 0.25) is 0 Å². The van der Waals surface area contributed by atoms with Crippen LogP contribution in [0.4, 0.5) is 4.79 Å². The molecule has 0 spiro atoms. The molecule has 1 fully saturated rings. The van der Waals surface area contributed by atoms with E-state index in [0.717, 1.165) is 6.42 Å². The molecule has 154 valence electrons. The van der Waals surface area contributed by atoms with Crippen molar-refractivity contribution >= 4 is 33.2 Å². The smallest absolute Gasteiger partial charge is 0.411 e. The molecule has 3 aromatic carbocycles. The normalized spacial score (nSPS) is 21.6. The molecule has 1 saturated heterocycles. The summed E-state index contributed by atoms with van der Waals surface area (Å²) >= 11 is 0. The summed E-state index contributed by atoms with van der Waals surface area (Å²) in [6.07, 6.45) is 2.72. The lowest BCUT2D eigenvalue weighted by atomic mass is 9.86. The SMILES string of the molecule is CC(C)(C)OC(=O)N1C2C=C(c3cc4ccccc4c4ccccc34)CC1COC2. The van der Waals surface area contributed by atoms with E-state index in [-0.39, 0.29) is 18.2 Å². The second-order valence-corrected chi connectivity index (χ2v) is 9.23. The van der Waals surface area contributed by atoms with Crippen molar-refractivity contribution < 1.29 is 14.3 Å². The summed E-state index contributed by atoms with van der Waals surface area (Å²) < 4.78 is 11.5. The van der Waals surface area contributed by atoms with Gasteiger partial charge in [-0.15, -0.1) is 0 Å². The maximum absolute atomic E-state index is 12.9. The molecule has 2 bridgehead atoms. The first-order chi connectivity index (χ1) is 14.4. The number of amides is 1. The third kappa shape index (κ3) is 3.35. The zero-order valence-corrected chi connectivity index (χ0v) is 17.7. The number of fused-ring (bicyclic) bond motifs is 5. The Bertz CT molecular complexity index is 1160. The van der Waals surface area contributed by atoms with Crippen LogP contribution in [0, 0.1) is 0 Å². The molecule has 2 aliphatic rings. The largest absolute Gasteiger partial charge is 0.444 e. The highest BCUT2D eigenvalue weighted by Crippen LogP contribution is 2.38. The molecular weight excluding hydrogens is 374 g/mol. The van der Waals surface area contributed by atoms with E-state index < -0.39 is 5.60 Å². The monoisotopic (exact) mass is 401 g/mol. The fourth-order valence-electron chi connectivity index (χ4n) is 4.71. The van der Waals surface area contributed by atoms with Gasteiger partial charge in [0.05, 0.1) is 25.3 Å². The van der Waals surface area contributed by atoms with Gasteiger partial charge in [-0.1, -0.05) is 54.6 Å². The highest BCUT2D eigenvalue weighted by Gasteiger charge is 2.40. The molecule has 4 heteroatoms. The number of ether oxygens (including phenoxy) is 2. The van der Waals surface area contributed by atoms with Crippen molar-refractivity contribution in [2.45, 2.75) is 44.9 Å². The Morgan fingerprint density at radius 3 is 2.43 bits per heavy atom. The predicted octanol–water partition coefficient (Wildman–Crippen LogP) is 5.78. The van der Waals surface area contributed by atoms with E-state index in [9.17, 15) is 4.79 Å². The van der Waals surface area contributed by atoms with Gasteiger partial charge in [0.1, 0.15) is 5.60 Å². The first-order valence-electron chi connectivity index (χ1n) is 10.6. The van der Waals surface area contributed by atoms with Crippen molar-refractivity contribution in [3.63, 3.8) is 0 Å². The molecule has 2 atom stereocenters. The van der Waals surface area contributed by atoms with Gasteiger partial charge in [0.25, 0.3) is 0 Å². The number of hydrogen-bond acceptors (Lipinski definition) is 3. The molecule has 2 unspecified atom stereocenters. The zero-order valence-electron chi connectivity index (χ0n) is 17.7. The maximum atomic E-state index is 12.9. The van der Waals surface area contributed by atoms with Gasteiger partial charge in [-0.25, -0.2) is 4.79 Å². The average molecular weight is 402 g/mol. The standard InChI is InChI=1S/C26H27NO3/c1-26(2,3)30-25(28)27-19-12-18(13-20(27)16-29-15-19)24-14-17-8-4-5-9-21(17)22-10-6-7-11-23(22)24/h4-12,14,19-20H,13,15-16H2,1-3H3. The van der Waals surface area contributed by atoms with E-state index in [1.165, 1.54) is 32.7 Å². The van der Waals surface area contributed by atoms with Gasteiger partial charge >= 0.3 is 6.09 Å². The molecule has 1 amide bonds. The second-order valence-electron chi connectivity index (χ2n) is 9.23. The third-order valence-corrected chi connectivity index (χ3v) is 5.92. The molecule has 0 radical (unpaired) electrons. The van der Waals surface area contributed by atoms with E-state index in [2.05, 4.69) is 60.7 Å². The van der Waals surface area contributed by atoms with Gasteiger partial charge in [-0.05, 0) is 65.9 Å². The van der Waals surface area contributed by atoms with Gasteiger partial charge in [-0.3, -0.25) is 4.90 Å². The molecule has 3 aromatic rings. The summed E-state index contributed by atoms with van der Waals surface area (Å²) in [5.41, 5.74) is 2.03. The number of benzene rings is 3. The van der Waals surface area contributed by atoms with Crippen LogP contribution in [-0.4, -0.2) is 41.9 Å². The van der Waals surface area contributed by atoms with Gasteiger partial charge in [0.15, 0.2) is 0 Å². The summed E-state index contributed by atoms with van der Waals surface area (Å²) in [5.74, 6) is 0. The number of carbonyl (C=O) groups excluding carboxylic acids is 1. The minimum atomic E-state index is -0.509. The van der Waals surface area contributed by atoms with E-state index in [0.29, 0.717) is 13.2 Å². The van der Waals surface area contributed by atoms with Gasteiger partial charge in [0.2, 0.25) is 0 Å². The Hall–Kier alpha value is -2.85. The predicted molar refractivity (Wildman–Crippen MR) is 121 cm³/mol. The lowest BCUT2D eigenvalue weighted by Gasteiger charge is -2.44. The summed E-state index contributed by atoms with van der Waals surface area (Å²) in [6, 6.07) is 19.3. The molecule has 2 heterocycles. The van der Waals surface area contributed by atoms with Crippen LogP contribution >= 0.6 is 0 Å². The van der Waals surface area contributed by atoms with Crippen molar-refractivity contribution in [1.29, 1.82) is 0 Å². The summed E-state index contributed by atoms with van der Waals surface area (Å²) in [7, 11) is 0. The van der Waals surface area contributed by atoms with Crippen LogP contribution < -0.4 is 0 Å². The van der Waals surface area contributed by atoms with Crippen LogP contribution in [0.3, 0.4) is 0 Å². The maximum Gasteiger partial charge on any atom is 0.411 e. The molecule has 0 N–H and O–H groups in total. The fraction of sp³-hybridized carbons (Fsp3) is 0.346. The Balaban J connectivity index is 1.60. The quantitative estimate of drug-likeness (QED) is 0.485. The van der Waals surface area contributed by atoms with Crippen LogP contribution in [0.5, 0.6) is 0 Å². The van der Waals surface area contributed by atoms with Crippen molar-refractivity contribution in [1.82, 2.24) is 4.90 Å². The molecule has 30 heavy (non-hydrogen) atoms. The molecule has 0 aliphatic carbocycles. The number of morpholine rings is 1. The van der Waals surface area contributed by atoms with Crippen molar-refractivity contribution in [3.8, 4) is 0 Å². The van der Waals surface area contributed by atoms with Crippen LogP contribution in [0.1, 0.15) is 32.8 Å². The highest BCUT2D eigenvalue weighted by atomic mass is 16.6. The Labute approximate surface area is 177 Å². The average Bonchev–Trinajstić information content (AvgIpc) is 2.71. The Kier molecular flexibility index (Phi) is 4.55. The molecule has 4 nitrogen and oxygen atoms in total. The number of nitrogens with zero attached hydrogens (tertiary/aromatic N) is 1. The van der Waals surface area contributed by atoms with Crippen molar-refractivity contribution in [2.75, 3.05) is 13.2 Å². The van der Waals surface area contributed by atoms with E-state index in [4.69, 9.17) is 9.47 Å². The molecule has 0 saturated carbocycles. The first-order valence-corrected chi connectivity index (χ1v) is 10.6. The van der Waals surface area contributed by atoms with E-state index in [1.54, 1.807) is 0 Å². The molecule has 0 aromatic heterocycles. The lowest BCUT2D eigenvalue weighted by Crippen LogP contribution is -2.57. The van der Waals surface area contributed by atoms with Crippen LogP contribution in [0.15, 0.2) is 60.7 Å². The highest BCUT2D eigenvalue weighted by molar-refractivity contribution is 6.12. The van der Waals surface area contributed by atoms with Crippen molar-refractivity contribution in [2.24, 2.45) is 0 Å². The third-order valence-electron chi connectivity index (χ3n) is 5.92. The number of carbonyl (C=O) groups is 1. The summed E-state index contributed by atoms with van der Waals surface area (Å²) in [4.78, 5) is 14.8. The molecule has 5 rings (SSSR count). The zero-order chi connectivity index (χ0) is 20.9. The Morgan fingerprint density at radius 2 is 1.70 bits per heavy atom. The fourth-order valence-corrected chi connectivity index (χ4v) is 4.71. The molecule has 2 aliphatic heterocycles. The minimum absolute atomic E-state index is 0.0103. The first kappa shape index (κ1) is 19.1. The Morgan fingerprint density at radius 1 is 1.00 bits per heavy atom. The number of hydrogen-bond donors (Lipinski definition) is 0. The second kappa shape index (κ2) is 7.13. The summed E-state index contributed by atoms with van der Waals surface area (Å²) in [6.45, 7) is 6.76.